The highest BCUT2D eigenvalue weighted by atomic mass is 16.3. The van der Waals surface area contributed by atoms with Gasteiger partial charge in [-0.05, 0) is 0 Å². The molecule has 0 spiro atoms. The van der Waals surface area contributed by atoms with Crippen LogP contribution in [0.1, 0.15) is 0 Å². The molecule has 0 amide bonds. The van der Waals surface area contributed by atoms with Gasteiger partial charge in [-0.1, -0.05) is 23.7 Å². The standard InChI is InChI=1S/C9H10O3/c10-6-2-1-4-9(8-12)5-3-7-11/h4,10-12H,6-8H2/b9-4+. The topological polar surface area (TPSA) is 60.7 Å². The van der Waals surface area contributed by atoms with E-state index in [0.29, 0.717) is 5.57 Å². The second-order valence-corrected chi connectivity index (χ2v) is 1.77. The molecule has 0 saturated carbocycles. The minimum atomic E-state index is -0.245. The van der Waals surface area contributed by atoms with Gasteiger partial charge in [0.05, 0.1) is 6.61 Å². The molecule has 0 heterocycles. The van der Waals surface area contributed by atoms with Crippen LogP contribution in [0.4, 0.5) is 0 Å². The summed E-state index contributed by atoms with van der Waals surface area (Å²) >= 11 is 0. The maximum absolute atomic E-state index is 8.67. The molecule has 0 saturated heterocycles. The summed E-state index contributed by atoms with van der Waals surface area (Å²) in [5, 5.41) is 25.3. The Balaban J connectivity index is 4.23. The van der Waals surface area contributed by atoms with Crippen LogP contribution in [0.5, 0.6) is 0 Å². The Kier molecular flexibility index (Phi) is 7.02. The summed E-state index contributed by atoms with van der Waals surface area (Å²) < 4.78 is 0. The highest BCUT2D eigenvalue weighted by molar-refractivity contribution is 5.35. The van der Waals surface area contributed by atoms with Crippen LogP contribution in [-0.4, -0.2) is 35.1 Å². The van der Waals surface area contributed by atoms with Crippen molar-refractivity contribution in [1.82, 2.24) is 0 Å². The summed E-state index contributed by atoms with van der Waals surface area (Å²) in [6, 6.07) is 0. The first-order chi connectivity index (χ1) is 5.85. The van der Waals surface area contributed by atoms with Crippen LogP contribution in [-0.2, 0) is 0 Å². The van der Waals surface area contributed by atoms with Gasteiger partial charge < -0.3 is 15.3 Å². The van der Waals surface area contributed by atoms with Gasteiger partial charge >= 0.3 is 0 Å². The molecule has 3 heteroatoms. The molecule has 3 N–H and O–H groups in total. The van der Waals surface area contributed by atoms with E-state index in [4.69, 9.17) is 15.3 Å². The fourth-order valence-corrected chi connectivity index (χ4v) is 0.458. The van der Waals surface area contributed by atoms with Crippen molar-refractivity contribution in [1.29, 1.82) is 0 Å². The number of rotatable bonds is 1. The molecular weight excluding hydrogens is 156 g/mol. The van der Waals surface area contributed by atoms with Gasteiger partial charge in [0, 0.05) is 11.6 Å². The molecule has 0 bridgehead atoms. The molecule has 0 aromatic rings. The maximum atomic E-state index is 8.67. The van der Waals surface area contributed by atoms with E-state index in [1.54, 1.807) is 0 Å². The first kappa shape index (κ1) is 10.7. The van der Waals surface area contributed by atoms with Crippen molar-refractivity contribution in [2.24, 2.45) is 0 Å². The Labute approximate surface area is 71.4 Å². The van der Waals surface area contributed by atoms with Gasteiger partial charge in [-0.2, -0.15) is 0 Å². The molecular formula is C9H10O3. The summed E-state index contributed by atoms with van der Waals surface area (Å²) in [4.78, 5) is 0. The van der Waals surface area contributed by atoms with Crippen LogP contribution in [0.2, 0.25) is 0 Å². The normalized spacial score (nSPS) is 9.42. The van der Waals surface area contributed by atoms with E-state index < -0.39 is 0 Å². The molecule has 0 fully saturated rings. The number of hydrogen-bond donors (Lipinski definition) is 3. The zero-order valence-corrected chi connectivity index (χ0v) is 6.54. The molecule has 0 aromatic heterocycles. The van der Waals surface area contributed by atoms with Crippen LogP contribution in [0.15, 0.2) is 11.6 Å². The summed E-state index contributed by atoms with van der Waals surface area (Å²) in [5.41, 5.74) is 0.421. The summed E-state index contributed by atoms with van der Waals surface area (Å²) in [6.45, 7) is -0.680. The first-order valence-corrected chi connectivity index (χ1v) is 3.34. The lowest BCUT2D eigenvalue weighted by atomic mass is 10.2. The second kappa shape index (κ2) is 7.84. The highest BCUT2D eigenvalue weighted by Crippen LogP contribution is 1.87. The van der Waals surface area contributed by atoms with Crippen molar-refractivity contribution in [3.8, 4) is 23.7 Å². The number of aliphatic hydroxyl groups excluding tert-OH is 3. The van der Waals surface area contributed by atoms with E-state index in [0.717, 1.165) is 0 Å². The van der Waals surface area contributed by atoms with E-state index in [9.17, 15) is 0 Å². The van der Waals surface area contributed by atoms with Crippen molar-refractivity contribution in [2.75, 3.05) is 19.8 Å². The molecule has 12 heavy (non-hydrogen) atoms. The molecule has 0 aliphatic heterocycles. The summed E-state index contributed by atoms with van der Waals surface area (Å²) in [6.07, 6.45) is 1.40. The zero-order valence-electron chi connectivity index (χ0n) is 6.54. The zero-order chi connectivity index (χ0) is 9.23. The maximum Gasteiger partial charge on any atom is 0.104 e. The summed E-state index contributed by atoms with van der Waals surface area (Å²) in [5.74, 6) is 9.74. The van der Waals surface area contributed by atoms with Crippen LogP contribution < -0.4 is 0 Å². The first-order valence-electron chi connectivity index (χ1n) is 3.34. The predicted octanol–water partition coefficient (Wildman–Crippen LogP) is -1.10. The van der Waals surface area contributed by atoms with Crippen LogP contribution in [0, 0.1) is 23.7 Å². The SMILES string of the molecule is OCC#C/C=C(\C#CCO)CO. The predicted molar refractivity (Wildman–Crippen MR) is 44.9 cm³/mol. The van der Waals surface area contributed by atoms with Gasteiger partial charge in [0.15, 0.2) is 0 Å². The third kappa shape index (κ3) is 5.52. The Morgan fingerprint density at radius 1 is 1.08 bits per heavy atom. The van der Waals surface area contributed by atoms with E-state index in [2.05, 4.69) is 23.7 Å². The van der Waals surface area contributed by atoms with Crippen molar-refractivity contribution < 1.29 is 15.3 Å². The molecule has 0 aliphatic carbocycles. The Morgan fingerprint density at radius 3 is 2.25 bits per heavy atom. The molecule has 64 valence electrons. The molecule has 0 radical (unpaired) electrons. The number of hydrogen-bond acceptors (Lipinski definition) is 3. The Bertz CT molecular complexity index is 257. The minimum absolute atomic E-state index is 0.215. The van der Waals surface area contributed by atoms with Gasteiger partial charge in [0.1, 0.15) is 13.2 Å². The molecule has 0 aromatic carbocycles. The van der Waals surface area contributed by atoms with Gasteiger partial charge in [0.25, 0.3) is 0 Å². The van der Waals surface area contributed by atoms with Gasteiger partial charge in [0.2, 0.25) is 0 Å². The van der Waals surface area contributed by atoms with E-state index in [-0.39, 0.29) is 19.8 Å². The Morgan fingerprint density at radius 2 is 1.75 bits per heavy atom. The molecule has 0 unspecified atom stereocenters. The summed E-state index contributed by atoms with van der Waals surface area (Å²) in [7, 11) is 0. The number of allylic oxidation sites excluding steroid dienone is 1. The van der Waals surface area contributed by atoms with Gasteiger partial charge in [-0.15, -0.1) is 0 Å². The monoisotopic (exact) mass is 166 g/mol. The highest BCUT2D eigenvalue weighted by Gasteiger charge is 1.84. The minimum Gasteiger partial charge on any atom is -0.391 e. The van der Waals surface area contributed by atoms with E-state index in [1.165, 1.54) is 6.08 Å². The third-order valence-electron chi connectivity index (χ3n) is 0.926. The third-order valence-corrected chi connectivity index (χ3v) is 0.926. The lowest BCUT2D eigenvalue weighted by Gasteiger charge is -1.86. The largest absolute Gasteiger partial charge is 0.391 e. The van der Waals surface area contributed by atoms with E-state index in [1.807, 2.05) is 0 Å². The van der Waals surface area contributed by atoms with Crippen molar-refractivity contribution in [2.45, 2.75) is 0 Å². The van der Waals surface area contributed by atoms with E-state index >= 15 is 0 Å². The number of aliphatic hydroxyl groups is 3. The molecule has 0 rings (SSSR count). The smallest absolute Gasteiger partial charge is 0.104 e. The van der Waals surface area contributed by atoms with Crippen molar-refractivity contribution >= 4 is 0 Å². The molecule has 0 aliphatic rings. The fourth-order valence-electron chi connectivity index (χ4n) is 0.458. The lowest BCUT2D eigenvalue weighted by molar-refractivity contribution is 0.335. The Hall–Kier alpha value is -1.26. The quantitative estimate of drug-likeness (QED) is 0.433. The molecule has 3 nitrogen and oxygen atoms in total. The van der Waals surface area contributed by atoms with Crippen LogP contribution in [0.3, 0.4) is 0 Å². The van der Waals surface area contributed by atoms with Crippen molar-refractivity contribution in [3.63, 3.8) is 0 Å². The molecule has 0 atom stereocenters. The van der Waals surface area contributed by atoms with Crippen LogP contribution >= 0.6 is 0 Å². The van der Waals surface area contributed by atoms with Gasteiger partial charge in [-0.25, -0.2) is 0 Å². The average molecular weight is 166 g/mol. The van der Waals surface area contributed by atoms with Gasteiger partial charge in [-0.3, -0.25) is 0 Å². The lowest BCUT2D eigenvalue weighted by Crippen LogP contribution is -1.86. The average Bonchev–Trinajstić information content (AvgIpc) is 2.11. The van der Waals surface area contributed by atoms with Crippen molar-refractivity contribution in [3.05, 3.63) is 11.6 Å². The van der Waals surface area contributed by atoms with Crippen LogP contribution in [0.25, 0.3) is 0 Å². The second-order valence-electron chi connectivity index (χ2n) is 1.77. The fraction of sp³-hybridized carbons (Fsp3) is 0.333.